The molecule has 3 fully saturated rings. The van der Waals surface area contributed by atoms with Gasteiger partial charge >= 0.3 is 0 Å². The Morgan fingerprint density at radius 1 is 0.727 bits per heavy atom. The Balaban J connectivity index is 0.000000293. The first-order valence-corrected chi connectivity index (χ1v) is 17.5. The summed E-state index contributed by atoms with van der Waals surface area (Å²) < 4.78 is 0. The van der Waals surface area contributed by atoms with Crippen LogP contribution in [-0.4, -0.2) is 42.8 Å². The van der Waals surface area contributed by atoms with E-state index in [1.165, 1.54) is 22.3 Å². The molecule has 44 heavy (non-hydrogen) atoms. The fourth-order valence-corrected chi connectivity index (χ4v) is 6.66. The van der Waals surface area contributed by atoms with Gasteiger partial charge in [0.2, 0.25) is 0 Å². The van der Waals surface area contributed by atoms with E-state index in [0.717, 1.165) is 96.3 Å². The van der Waals surface area contributed by atoms with Crippen LogP contribution in [0.4, 0.5) is 0 Å². The van der Waals surface area contributed by atoms with Gasteiger partial charge in [0.25, 0.3) is 0 Å². The zero-order chi connectivity index (χ0) is 33.9. The SMILES string of the molecule is C=C(C)C1CCC(C)(O)CC1.C=C1CCC(C(C)(C)O)CC1.CC(C)=C1CCC(C)(O)CC1.CC1=CC[C@@H](C(C)(C)O)CC1. The number of rotatable bonds is 3. The highest BCUT2D eigenvalue weighted by molar-refractivity contribution is 5.13. The van der Waals surface area contributed by atoms with Crippen LogP contribution in [0.25, 0.3) is 0 Å². The number of allylic oxidation sites excluding steroid dienone is 6. The Labute approximate surface area is 272 Å². The quantitative estimate of drug-likeness (QED) is 0.238. The van der Waals surface area contributed by atoms with Gasteiger partial charge in [-0.05, 0) is 183 Å². The third-order valence-corrected chi connectivity index (χ3v) is 10.7. The molecule has 0 saturated heterocycles. The second kappa shape index (κ2) is 17.6. The molecule has 0 aliphatic heterocycles. The average molecular weight is 617 g/mol. The van der Waals surface area contributed by atoms with Crippen molar-refractivity contribution in [2.24, 2.45) is 17.8 Å². The zero-order valence-corrected chi connectivity index (χ0v) is 30.6. The molecule has 0 radical (unpaired) electrons. The van der Waals surface area contributed by atoms with Crippen molar-refractivity contribution in [2.75, 3.05) is 0 Å². The zero-order valence-electron chi connectivity index (χ0n) is 30.6. The molecule has 0 aromatic carbocycles. The van der Waals surface area contributed by atoms with Crippen molar-refractivity contribution in [2.45, 2.75) is 188 Å². The predicted octanol–water partition coefficient (Wildman–Crippen LogP) is 10.2. The summed E-state index contributed by atoms with van der Waals surface area (Å²) >= 11 is 0. The van der Waals surface area contributed by atoms with E-state index in [2.05, 4.69) is 46.9 Å². The monoisotopic (exact) mass is 617 g/mol. The lowest BCUT2D eigenvalue weighted by Gasteiger charge is -2.33. The highest BCUT2D eigenvalue weighted by atomic mass is 16.3. The number of aliphatic hydroxyl groups is 4. The lowest BCUT2D eigenvalue weighted by molar-refractivity contribution is 0.00543. The van der Waals surface area contributed by atoms with Crippen molar-refractivity contribution >= 4 is 0 Å². The van der Waals surface area contributed by atoms with Gasteiger partial charge < -0.3 is 20.4 Å². The molecule has 0 bridgehead atoms. The van der Waals surface area contributed by atoms with Gasteiger partial charge in [0, 0.05) is 0 Å². The third-order valence-electron chi connectivity index (χ3n) is 10.7. The molecule has 4 aliphatic rings. The Morgan fingerprint density at radius 2 is 1.16 bits per heavy atom. The first-order valence-electron chi connectivity index (χ1n) is 17.5. The highest BCUT2D eigenvalue weighted by Gasteiger charge is 2.30. The van der Waals surface area contributed by atoms with E-state index >= 15 is 0 Å². The van der Waals surface area contributed by atoms with Gasteiger partial charge in [-0.1, -0.05) is 47.1 Å². The average Bonchev–Trinajstić information content (AvgIpc) is 2.89. The molecule has 4 nitrogen and oxygen atoms in total. The summed E-state index contributed by atoms with van der Waals surface area (Å²) in [7, 11) is 0. The molecule has 0 aromatic rings. The first kappa shape index (κ1) is 40.8. The molecule has 4 N–H and O–H groups in total. The van der Waals surface area contributed by atoms with Crippen LogP contribution in [0, 0.1) is 17.8 Å². The maximum Gasteiger partial charge on any atom is 0.0625 e. The smallest absolute Gasteiger partial charge is 0.0625 e. The molecule has 1 atom stereocenters. The molecule has 4 heteroatoms. The van der Waals surface area contributed by atoms with Crippen LogP contribution in [0.3, 0.4) is 0 Å². The predicted molar refractivity (Wildman–Crippen MR) is 190 cm³/mol. The third kappa shape index (κ3) is 16.4. The summed E-state index contributed by atoms with van der Waals surface area (Å²) in [5, 5.41) is 38.7. The van der Waals surface area contributed by atoms with Gasteiger partial charge in [0.05, 0.1) is 22.4 Å². The summed E-state index contributed by atoms with van der Waals surface area (Å²) in [6.45, 7) is 28.0. The highest BCUT2D eigenvalue weighted by Crippen LogP contribution is 2.36. The van der Waals surface area contributed by atoms with Gasteiger partial charge in [-0.2, -0.15) is 0 Å². The van der Waals surface area contributed by atoms with Crippen LogP contribution in [0.1, 0.15) is 166 Å². The second-order valence-corrected chi connectivity index (χ2v) is 16.6. The van der Waals surface area contributed by atoms with E-state index in [0.29, 0.717) is 17.8 Å². The van der Waals surface area contributed by atoms with Crippen molar-refractivity contribution in [3.05, 3.63) is 47.1 Å². The standard InChI is InChI=1S/4C10H18O/c2*1-8-4-6-9(7-5-8)10(2,3)11;2*1-8(2)9-4-6-10(3,11)7-5-9/h4,9,11H,5-7H2,1-3H3;9,11H,1,4-7H2,2-3H3;11H,4-7H2,1-3H3;9,11H,1,4-7H2,2-3H3/t9-;;;/m1.../s1. The van der Waals surface area contributed by atoms with Crippen molar-refractivity contribution in [3.63, 3.8) is 0 Å². The summed E-state index contributed by atoms with van der Waals surface area (Å²) in [4.78, 5) is 0. The largest absolute Gasteiger partial charge is 0.390 e. The van der Waals surface area contributed by atoms with E-state index in [-0.39, 0.29) is 5.60 Å². The van der Waals surface area contributed by atoms with Gasteiger partial charge in [-0.25, -0.2) is 0 Å². The summed E-state index contributed by atoms with van der Waals surface area (Å²) in [5.41, 5.74) is 5.34. The van der Waals surface area contributed by atoms with Crippen LogP contribution in [0.15, 0.2) is 47.1 Å². The van der Waals surface area contributed by atoms with Crippen LogP contribution in [0.2, 0.25) is 0 Å². The minimum absolute atomic E-state index is 0.390. The minimum atomic E-state index is -0.489. The second-order valence-electron chi connectivity index (χ2n) is 16.6. The minimum Gasteiger partial charge on any atom is -0.390 e. The molecule has 0 spiro atoms. The molecule has 0 amide bonds. The lowest BCUT2D eigenvalue weighted by Crippen LogP contribution is -2.32. The maximum atomic E-state index is 9.70. The molecule has 0 heterocycles. The van der Waals surface area contributed by atoms with E-state index in [1.54, 1.807) is 5.57 Å². The van der Waals surface area contributed by atoms with Crippen molar-refractivity contribution in [1.29, 1.82) is 0 Å². The molecular weight excluding hydrogens is 544 g/mol. The van der Waals surface area contributed by atoms with Crippen molar-refractivity contribution < 1.29 is 20.4 Å². The molecular formula is C40H72O4. The number of hydrogen-bond acceptors (Lipinski definition) is 4. The van der Waals surface area contributed by atoms with Gasteiger partial charge in [-0.3, -0.25) is 0 Å². The first-order chi connectivity index (χ1) is 20.0. The van der Waals surface area contributed by atoms with Gasteiger partial charge in [-0.15, -0.1) is 0 Å². The maximum absolute atomic E-state index is 9.70. The van der Waals surface area contributed by atoms with E-state index in [9.17, 15) is 20.4 Å². The van der Waals surface area contributed by atoms with Crippen LogP contribution in [0.5, 0.6) is 0 Å². The van der Waals surface area contributed by atoms with Gasteiger partial charge in [0.1, 0.15) is 0 Å². The molecule has 256 valence electrons. The van der Waals surface area contributed by atoms with Crippen LogP contribution < -0.4 is 0 Å². The van der Waals surface area contributed by atoms with E-state index in [1.807, 2.05) is 41.5 Å². The molecule has 0 unspecified atom stereocenters. The van der Waals surface area contributed by atoms with Crippen LogP contribution >= 0.6 is 0 Å². The Morgan fingerprint density at radius 3 is 1.52 bits per heavy atom. The molecule has 4 rings (SSSR count). The fraction of sp³-hybridized carbons (Fsp3) is 0.800. The van der Waals surface area contributed by atoms with E-state index < -0.39 is 16.8 Å². The van der Waals surface area contributed by atoms with Crippen molar-refractivity contribution in [1.82, 2.24) is 0 Å². The van der Waals surface area contributed by atoms with Gasteiger partial charge in [0.15, 0.2) is 0 Å². The summed E-state index contributed by atoms with van der Waals surface area (Å²) in [5.74, 6) is 1.61. The Bertz CT molecular complexity index is 930. The fourth-order valence-electron chi connectivity index (χ4n) is 6.66. The molecule has 3 saturated carbocycles. The van der Waals surface area contributed by atoms with Crippen LogP contribution in [-0.2, 0) is 0 Å². The lowest BCUT2D eigenvalue weighted by atomic mass is 9.77. The Hall–Kier alpha value is -1.20. The number of hydrogen-bond donors (Lipinski definition) is 4. The van der Waals surface area contributed by atoms with Crippen molar-refractivity contribution in [3.8, 4) is 0 Å². The van der Waals surface area contributed by atoms with E-state index in [4.69, 9.17) is 0 Å². The molecule has 0 aromatic heterocycles. The normalized spacial score (nSPS) is 29.9. The topological polar surface area (TPSA) is 80.9 Å². The molecule has 4 aliphatic carbocycles. The summed E-state index contributed by atoms with van der Waals surface area (Å²) in [6.07, 6.45) is 18.2. The summed E-state index contributed by atoms with van der Waals surface area (Å²) in [6, 6.07) is 0. The Kier molecular flexibility index (Phi) is 16.4.